The molecule has 2 rings (SSSR count). The molecule has 0 aliphatic carbocycles. The molecule has 0 aliphatic heterocycles. The van der Waals surface area contributed by atoms with Crippen molar-refractivity contribution in [2.75, 3.05) is 5.32 Å². The Balaban J connectivity index is 2.23. The molecular weight excluding hydrogens is 357 g/mol. The minimum atomic E-state index is -0.522. The summed E-state index contributed by atoms with van der Waals surface area (Å²) in [5.74, 6) is -0.763. The van der Waals surface area contributed by atoms with Crippen LogP contribution in [0.4, 0.5) is 5.00 Å². The molecule has 0 radical (unpaired) electrons. The molecule has 0 atom stereocenters. The summed E-state index contributed by atoms with van der Waals surface area (Å²) < 4.78 is 5.34. The first-order chi connectivity index (χ1) is 10.8. The van der Waals surface area contributed by atoms with E-state index in [1.54, 1.807) is 18.2 Å². The Bertz CT molecular complexity index is 751. The second-order valence-corrected chi connectivity index (χ2v) is 6.98. The van der Waals surface area contributed by atoms with Gasteiger partial charge >= 0.3 is 5.97 Å². The van der Waals surface area contributed by atoms with Crippen LogP contribution in [-0.4, -0.2) is 11.9 Å². The van der Waals surface area contributed by atoms with Gasteiger partial charge in [-0.1, -0.05) is 29.3 Å². The maximum absolute atomic E-state index is 12.4. The number of hydrogen-bond donors (Lipinski definition) is 1. The maximum Gasteiger partial charge on any atom is 0.341 e. The standard InChI is InChI=1S/C16H15Cl2NO3S/c1-8-9(2)23-15(19-10(3)20)14(8)16(21)22-7-11-12(17)5-4-6-13(11)18/h4-6H,7H2,1-3H3,(H,19,20). The van der Waals surface area contributed by atoms with E-state index in [0.717, 1.165) is 10.4 Å². The third-order valence-corrected chi connectivity index (χ3v) is 5.12. The Kier molecular flexibility index (Phi) is 5.68. The summed E-state index contributed by atoms with van der Waals surface area (Å²) in [5, 5.41) is 4.02. The average Bonchev–Trinajstić information content (AvgIpc) is 2.72. The molecule has 0 bridgehead atoms. The fraction of sp³-hybridized carbons (Fsp3) is 0.250. The van der Waals surface area contributed by atoms with E-state index in [1.807, 2.05) is 13.8 Å². The SMILES string of the molecule is CC(=O)Nc1sc(C)c(C)c1C(=O)OCc1c(Cl)cccc1Cl. The summed E-state index contributed by atoms with van der Waals surface area (Å²) in [5.41, 5.74) is 1.70. The third-order valence-electron chi connectivity index (χ3n) is 3.29. The maximum atomic E-state index is 12.4. The normalized spacial score (nSPS) is 10.5. The Morgan fingerprint density at radius 2 is 1.83 bits per heavy atom. The second kappa shape index (κ2) is 7.34. The predicted molar refractivity (Wildman–Crippen MR) is 93.7 cm³/mol. The molecule has 1 aromatic heterocycles. The first-order valence-corrected chi connectivity index (χ1v) is 8.36. The van der Waals surface area contributed by atoms with Gasteiger partial charge in [-0.05, 0) is 31.5 Å². The van der Waals surface area contributed by atoms with Crippen LogP contribution < -0.4 is 5.32 Å². The number of carbonyl (C=O) groups excluding carboxylic acids is 2. The molecule has 0 aliphatic rings. The molecular formula is C16H15Cl2NO3S. The van der Waals surface area contributed by atoms with Crippen molar-refractivity contribution in [1.29, 1.82) is 0 Å². The van der Waals surface area contributed by atoms with E-state index in [4.69, 9.17) is 27.9 Å². The minimum absolute atomic E-state index is 0.0365. The number of carbonyl (C=O) groups is 2. The largest absolute Gasteiger partial charge is 0.457 e. The number of thiophene rings is 1. The molecule has 1 heterocycles. The van der Waals surface area contributed by atoms with Gasteiger partial charge in [0.2, 0.25) is 5.91 Å². The highest BCUT2D eigenvalue weighted by Crippen LogP contribution is 2.33. The molecule has 0 fully saturated rings. The van der Waals surface area contributed by atoms with Crippen molar-refractivity contribution in [3.8, 4) is 0 Å². The number of rotatable bonds is 4. The van der Waals surface area contributed by atoms with Gasteiger partial charge in [-0.2, -0.15) is 0 Å². The fourth-order valence-corrected chi connectivity index (χ4v) is 3.60. The third kappa shape index (κ3) is 4.05. The first-order valence-electron chi connectivity index (χ1n) is 6.78. The summed E-state index contributed by atoms with van der Waals surface area (Å²) in [6, 6.07) is 5.08. The van der Waals surface area contributed by atoms with Crippen molar-refractivity contribution >= 4 is 51.4 Å². The van der Waals surface area contributed by atoms with E-state index in [2.05, 4.69) is 5.32 Å². The molecule has 1 aromatic carbocycles. The number of hydrogen-bond acceptors (Lipinski definition) is 4. The number of esters is 1. The molecule has 0 unspecified atom stereocenters. The summed E-state index contributed by atoms with van der Waals surface area (Å²) >= 11 is 13.5. The number of halogens is 2. The van der Waals surface area contributed by atoms with Crippen molar-refractivity contribution < 1.29 is 14.3 Å². The van der Waals surface area contributed by atoms with Crippen LogP contribution in [0.1, 0.15) is 33.3 Å². The van der Waals surface area contributed by atoms with Crippen molar-refractivity contribution in [1.82, 2.24) is 0 Å². The van der Waals surface area contributed by atoms with Gasteiger partial charge in [0.1, 0.15) is 11.6 Å². The van der Waals surface area contributed by atoms with E-state index in [0.29, 0.717) is 26.2 Å². The van der Waals surface area contributed by atoms with Crippen LogP contribution in [-0.2, 0) is 16.1 Å². The zero-order valence-corrected chi connectivity index (χ0v) is 15.2. The molecule has 23 heavy (non-hydrogen) atoms. The summed E-state index contributed by atoms with van der Waals surface area (Å²) in [6.45, 7) is 5.05. The van der Waals surface area contributed by atoms with Gasteiger partial charge in [0.15, 0.2) is 0 Å². The summed E-state index contributed by atoms with van der Waals surface area (Å²) in [4.78, 5) is 24.7. The molecule has 7 heteroatoms. The van der Waals surface area contributed by atoms with E-state index in [9.17, 15) is 9.59 Å². The smallest absolute Gasteiger partial charge is 0.341 e. The monoisotopic (exact) mass is 371 g/mol. The number of ether oxygens (including phenoxy) is 1. The lowest BCUT2D eigenvalue weighted by molar-refractivity contribution is -0.114. The molecule has 1 amide bonds. The molecule has 0 saturated heterocycles. The van der Waals surface area contributed by atoms with Gasteiger partial charge in [-0.3, -0.25) is 4.79 Å². The highest BCUT2D eigenvalue weighted by Gasteiger charge is 2.22. The Morgan fingerprint density at radius 1 is 1.22 bits per heavy atom. The molecule has 4 nitrogen and oxygen atoms in total. The zero-order valence-electron chi connectivity index (χ0n) is 12.8. The van der Waals surface area contributed by atoms with Crippen LogP contribution in [0.25, 0.3) is 0 Å². The lowest BCUT2D eigenvalue weighted by Crippen LogP contribution is -2.12. The van der Waals surface area contributed by atoms with Crippen LogP contribution in [0.15, 0.2) is 18.2 Å². The number of aryl methyl sites for hydroxylation is 1. The van der Waals surface area contributed by atoms with Gasteiger partial charge < -0.3 is 10.1 Å². The van der Waals surface area contributed by atoms with E-state index < -0.39 is 5.97 Å². The minimum Gasteiger partial charge on any atom is -0.457 e. The summed E-state index contributed by atoms with van der Waals surface area (Å²) in [6.07, 6.45) is 0. The van der Waals surface area contributed by atoms with Crippen molar-refractivity contribution in [3.05, 3.63) is 49.8 Å². The molecule has 1 N–H and O–H groups in total. The molecule has 122 valence electrons. The summed E-state index contributed by atoms with van der Waals surface area (Å²) in [7, 11) is 0. The highest BCUT2D eigenvalue weighted by molar-refractivity contribution is 7.16. The van der Waals surface area contributed by atoms with E-state index >= 15 is 0 Å². The van der Waals surface area contributed by atoms with Crippen LogP contribution in [0.2, 0.25) is 10.0 Å². The quantitative estimate of drug-likeness (QED) is 0.770. The lowest BCUT2D eigenvalue weighted by Gasteiger charge is -2.10. The fourth-order valence-electron chi connectivity index (χ4n) is 2.00. The lowest BCUT2D eigenvalue weighted by atomic mass is 10.1. The van der Waals surface area contributed by atoms with Crippen molar-refractivity contribution in [3.63, 3.8) is 0 Å². The Labute approximate surface area is 148 Å². The number of nitrogens with one attached hydrogen (secondary N) is 1. The predicted octanol–water partition coefficient (Wildman–Crippen LogP) is 4.99. The zero-order chi connectivity index (χ0) is 17.1. The first kappa shape index (κ1) is 17.8. The van der Waals surface area contributed by atoms with Crippen molar-refractivity contribution in [2.24, 2.45) is 0 Å². The second-order valence-electron chi connectivity index (χ2n) is 4.94. The van der Waals surface area contributed by atoms with Gasteiger partial charge in [0, 0.05) is 27.4 Å². The van der Waals surface area contributed by atoms with Crippen LogP contribution in [0.5, 0.6) is 0 Å². The average molecular weight is 372 g/mol. The Morgan fingerprint density at radius 3 is 2.39 bits per heavy atom. The van der Waals surface area contributed by atoms with Crippen LogP contribution >= 0.6 is 34.5 Å². The van der Waals surface area contributed by atoms with Crippen LogP contribution in [0, 0.1) is 13.8 Å². The van der Waals surface area contributed by atoms with Crippen molar-refractivity contribution in [2.45, 2.75) is 27.4 Å². The topological polar surface area (TPSA) is 55.4 Å². The van der Waals surface area contributed by atoms with Gasteiger partial charge in [-0.25, -0.2) is 4.79 Å². The molecule has 0 saturated carbocycles. The van der Waals surface area contributed by atoms with Gasteiger partial charge in [0.05, 0.1) is 5.56 Å². The molecule has 0 spiro atoms. The van der Waals surface area contributed by atoms with Gasteiger partial charge in [0.25, 0.3) is 0 Å². The molecule has 2 aromatic rings. The number of anilines is 1. The number of benzene rings is 1. The van der Waals surface area contributed by atoms with Crippen LogP contribution in [0.3, 0.4) is 0 Å². The highest BCUT2D eigenvalue weighted by atomic mass is 35.5. The Hall–Kier alpha value is -1.56. The van der Waals surface area contributed by atoms with E-state index in [1.165, 1.54) is 18.3 Å². The number of amides is 1. The van der Waals surface area contributed by atoms with Gasteiger partial charge in [-0.15, -0.1) is 11.3 Å². The van der Waals surface area contributed by atoms with E-state index in [-0.39, 0.29) is 12.5 Å².